The molecule has 3 aromatic rings. The van der Waals surface area contributed by atoms with Crippen molar-refractivity contribution >= 4 is 11.6 Å². The lowest BCUT2D eigenvalue weighted by Crippen LogP contribution is -2.28. The van der Waals surface area contributed by atoms with E-state index >= 15 is 0 Å². The number of nitriles is 1. The smallest absolute Gasteiger partial charge is 0.0866 e. The van der Waals surface area contributed by atoms with Crippen molar-refractivity contribution in [2.75, 3.05) is 0 Å². The summed E-state index contributed by atoms with van der Waals surface area (Å²) in [4.78, 5) is 4.20. The Hall–Kier alpha value is -2.63. The fraction of sp³-hybridized carbons (Fsp3) is 0.182. The molecule has 3 rings (SSSR count). The first-order valence-electron chi connectivity index (χ1n) is 8.32. The van der Waals surface area contributed by atoms with Gasteiger partial charge in [0, 0.05) is 17.4 Å². The molecule has 0 bridgehead atoms. The summed E-state index contributed by atoms with van der Waals surface area (Å²) in [5, 5.41) is 10.9. The number of aryl methyl sites for hydroxylation is 1. The zero-order chi connectivity index (χ0) is 17.5. The molecule has 0 spiro atoms. The Kier molecular flexibility index (Phi) is 5.48. The topological polar surface area (TPSA) is 36.7 Å². The number of nitrogens with zero attached hydrogens (tertiary/aromatic N) is 2. The number of benzene rings is 2. The molecule has 2 nitrogen and oxygen atoms in total. The molecular weight excluding hydrogens is 328 g/mol. The van der Waals surface area contributed by atoms with Gasteiger partial charge < -0.3 is 0 Å². The van der Waals surface area contributed by atoms with Gasteiger partial charge in [0.15, 0.2) is 0 Å². The van der Waals surface area contributed by atoms with Crippen molar-refractivity contribution in [3.8, 4) is 6.07 Å². The van der Waals surface area contributed by atoms with Gasteiger partial charge in [-0.05, 0) is 54.2 Å². The highest BCUT2D eigenvalue weighted by Crippen LogP contribution is 2.33. The first kappa shape index (κ1) is 17.2. The first-order chi connectivity index (χ1) is 12.2. The van der Waals surface area contributed by atoms with Crippen LogP contribution in [0.25, 0.3) is 0 Å². The van der Waals surface area contributed by atoms with Crippen LogP contribution < -0.4 is 0 Å². The molecule has 1 atom stereocenters. The lowest BCUT2D eigenvalue weighted by Gasteiger charge is -2.27. The molecule has 0 amide bonds. The quantitative estimate of drug-likeness (QED) is 0.601. The van der Waals surface area contributed by atoms with Gasteiger partial charge in [0.1, 0.15) is 0 Å². The SMILES string of the molecule is N#CC(CCc1ccc(Cl)cc1)(Cc1cccnc1)c1ccccc1. The molecule has 124 valence electrons. The van der Waals surface area contributed by atoms with Gasteiger partial charge in [-0.2, -0.15) is 5.26 Å². The third-order valence-corrected chi connectivity index (χ3v) is 4.77. The van der Waals surface area contributed by atoms with E-state index in [1.165, 1.54) is 5.56 Å². The minimum atomic E-state index is -0.579. The average Bonchev–Trinajstić information content (AvgIpc) is 2.68. The van der Waals surface area contributed by atoms with Crippen LogP contribution in [0.1, 0.15) is 23.1 Å². The second kappa shape index (κ2) is 7.96. The van der Waals surface area contributed by atoms with Gasteiger partial charge in [-0.25, -0.2) is 0 Å². The van der Waals surface area contributed by atoms with E-state index in [-0.39, 0.29) is 0 Å². The molecule has 0 N–H and O–H groups in total. The van der Waals surface area contributed by atoms with Crippen molar-refractivity contribution < 1.29 is 0 Å². The third-order valence-electron chi connectivity index (χ3n) is 4.52. The fourth-order valence-electron chi connectivity index (χ4n) is 3.11. The number of halogens is 1. The monoisotopic (exact) mass is 346 g/mol. The highest BCUT2D eigenvalue weighted by molar-refractivity contribution is 6.30. The lowest BCUT2D eigenvalue weighted by atomic mass is 9.73. The number of hydrogen-bond donors (Lipinski definition) is 0. The van der Waals surface area contributed by atoms with E-state index < -0.39 is 5.41 Å². The molecular formula is C22H19ClN2. The van der Waals surface area contributed by atoms with Crippen LogP contribution in [0.4, 0.5) is 0 Å². The van der Waals surface area contributed by atoms with Gasteiger partial charge in [0.2, 0.25) is 0 Å². The average molecular weight is 347 g/mol. The van der Waals surface area contributed by atoms with Gasteiger partial charge in [-0.3, -0.25) is 4.98 Å². The maximum Gasteiger partial charge on any atom is 0.0866 e. The van der Waals surface area contributed by atoms with Crippen molar-refractivity contribution in [2.45, 2.75) is 24.7 Å². The Bertz CT molecular complexity index is 839. The Morgan fingerprint density at radius 2 is 1.68 bits per heavy atom. The van der Waals surface area contributed by atoms with E-state index in [1.54, 1.807) is 6.20 Å². The van der Waals surface area contributed by atoms with Crippen LogP contribution in [-0.4, -0.2) is 4.98 Å². The van der Waals surface area contributed by atoms with E-state index in [1.807, 2.05) is 72.9 Å². The second-order valence-electron chi connectivity index (χ2n) is 6.22. The largest absolute Gasteiger partial charge is 0.264 e. The fourth-order valence-corrected chi connectivity index (χ4v) is 3.24. The van der Waals surface area contributed by atoms with Crippen molar-refractivity contribution in [3.05, 3.63) is 101 Å². The van der Waals surface area contributed by atoms with E-state index in [2.05, 4.69) is 11.1 Å². The van der Waals surface area contributed by atoms with Gasteiger partial charge >= 0.3 is 0 Å². The summed E-state index contributed by atoms with van der Waals surface area (Å²) >= 11 is 5.97. The zero-order valence-electron chi connectivity index (χ0n) is 13.9. The molecule has 0 radical (unpaired) electrons. The minimum absolute atomic E-state index is 0.579. The third kappa shape index (κ3) is 4.26. The summed E-state index contributed by atoms with van der Waals surface area (Å²) in [6, 6.07) is 24.5. The lowest BCUT2D eigenvalue weighted by molar-refractivity contribution is 0.499. The normalized spacial score (nSPS) is 13.0. The number of aromatic nitrogens is 1. The highest BCUT2D eigenvalue weighted by atomic mass is 35.5. The standard InChI is InChI=1S/C22H19ClN2/c23-21-10-8-18(9-11-21)12-13-22(17-24,20-6-2-1-3-7-20)15-19-5-4-14-25-16-19/h1-11,14,16H,12-13,15H2. The minimum Gasteiger partial charge on any atom is -0.264 e. The molecule has 1 heterocycles. The van der Waals surface area contributed by atoms with Gasteiger partial charge in [0.25, 0.3) is 0 Å². The molecule has 0 aliphatic rings. The predicted molar refractivity (Wildman–Crippen MR) is 101 cm³/mol. The van der Waals surface area contributed by atoms with Gasteiger partial charge in [-0.15, -0.1) is 0 Å². The number of pyridine rings is 1. The first-order valence-corrected chi connectivity index (χ1v) is 8.70. The summed E-state index contributed by atoms with van der Waals surface area (Å²) in [5.74, 6) is 0. The van der Waals surface area contributed by atoms with Crippen LogP contribution in [0.15, 0.2) is 79.1 Å². The van der Waals surface area contributed by atoms with Crippen molar-refractivity contribution in [2.24, 2.45) is 0 Å². The van der Waals surface area contributed by atoms with Crippen LogP contribution in [0.3, 0.4) is 0 Å². The number of rotatable bonds is 6. The molecule has 0 saturated carbocycles. The van der Waals surface area contributed by atoms with Crippen LogP contribution in [0, 0.1) is 11.3 Å². The molecule has 0 aliphatic carbocycles. The summed E-state index contributed by atoms with van der Waals surface area (Å²) < 4.78 is 0. The van der Waals surface area contributed by atoms with Crippen molar-refractivity contribution in [1.82, 2.24) is 4.98 Å². The van der Waals surface area contributed by atoms with E-state index in [4.69, 9.17) is 11.6 Å². The number of hydrogen-bond acceptors (Lipinski definition) is 2. The molecule has 2 aromatic carbocycles. The predicted octanol–water partition coefficient (Wildman–Crippen LogP) is 5.37. The van der Waals surface area contributed by atoms with Crippen molar-refractivity contribution in [1.29, 1.82) is 5.26 Å². The van der Waals surface area contributed by atoms with Crippen LogP contribution in [0.5, 0.6) is 0 Å². The van der Waals surface area contributed by atoms with E-state index in [0.29, 0.717) is 6.42 Å². The van der Waals surface area contributed by atoms with Crippen molar-refractivity contribution in [3.63, 3.8) is 0 Å². The summed E-state index contributed by atoms with van der Waals surface area (Å²) in [7, 11) is 0. The van der Waals surface area contributed by atoms with Gasteiger partial charge in [0.05, 0.1) is 11.5 Å². The highest BCUT2D eigenvalue weighted by Gasteiger charge is 2.32. The summed E-state index contributed by atoms with van der Waals surface area (Å²) in [5.41, 5.74) is 2.73. The Labute approximate surface area is 153 Å². The van der Waals surface area contributed by atoms with E-state index in [9.17, 15) is 5.26 Å². The van der Waals surface area contributed by atoms with Crippen LogP contribution in [-0.2, 0) is 18.3 Å². The van der Waals surface area contributed by atoms with Gasteiger partial charge in [-0.1, -0.05) is 60.1 Å². The Morgan fingerprint density at radius 3 is 2.32 bits per heavy atom. The molecule has 0 saturated heterocycles. The Balaban J connectivity index is 1.90. The molecule has 25 heavy (non-hydrogen) atoms. The zero-order valence-corrected chi connectivity index (χ0v) is 14.7. The molecule has 1 unspecified atom stereocenters. The van der Waals surface area contributed by atoms with E-state index in [0.717, 1.165) is 29.0 Å². The summed E-state index contributed by atoms with van der Waals surface area (Å²) in [6.45, 7) is 0. The maximum atomic E-state index is 10.1. The molecule has 0 aliphatic heterocycles. The van der Waals surface area contributed by atoms with Crippen LogP contribution >= 0.6 is 11.6 Å². The van der Waals surface area contributed by atoms with Crippen LogP contribution in [0.2, 0.25) is 5.02 Å². The molecule has 3 heteroatoms. The Morgan fingerprint density at radius 1 is 0.920 bits per heavy atom. The molecule has 1 aromatic heterocycles. The molecule has 0 fully saturated rings. The summed E-state index contributed by atoms with van der Waals surface area (Å²) in [6.07, 6.45) is 5.81. The maximum absolute atomic E-state index is 10.1. The second-order valence-corrected chi connectivity index (χ2v) is 6.66.